The monoisotopic (exact) mass is 227 g/mol. The second-order valence-electron chi connectivity index (χ2n) is 4.16. The number of aliphatic hydroxyl groups is 1. The summed E-state index contributed by atoms with van der Waals surface area (Å²) in [7, 11) is 0. The second-order valence-corrected chi connectivity index (χ2v) is 4.16. The Morgan fingerprint density at radius 3 is 2.53 bits per heavy atom. The number of rotatable bonds is 2. The van der Waals surface area contributed by atoms with Crippen molar-refractivity contribution >= 4 is 12.4 Å². The standard InChI is InChI=1S/C12H17NO.ClH/c1-12(14,11-8-5-9-13-11)10-6-3-2-4-7-10;/h2-4,6-7,11,13-14H,5,8-9H2,1H3;1H/t11-,12+;/m0./s1. The molecule has 0 aromatic heterocycles. The fraction of sp³-hybridized carbons (Fsp3) is 0.500. The minimum atomic E-state index is -0.738. The summed E-state index contributed by atoms with van der Waals surface area (Å²) in [5.41, 5.74) is 0.261. The van der Waals surface area contributed by atoms with Gasteiger partial charge in [-0.1, -0.05) is 30.3 Å². The molecule has 15 heavy (non-hydrogen) atoms. The molecule has 1 heterocycles. The normalized spacial score (nSPS) is 24.3. The Kier molecular flexibility index (Phi) is 4.14. The van der Waals surface area contributed by atoms with E-state index in [4.69, 9.17) is 0 Å². The molecule has 1 fully saturated rings. The van der Waals surface area contributed by atoms with E-state index in [-0.39, 0.29) is 18.4 Å². The van der Waals surface area contributed by atoms with Crippen LogP contribution in [-0.2, 0) is 5.60 Å². The summed E-state index contributed by atoms with van der Waals surface area (Å²) in [5, 5.41) is 13.8. The van der Waals surface area contributed by atoms with E-state index in [1.807, 2.05) is 37.3 Å². The molecule has 2 nitrogen and oxygen atoms in total. The van der Waals surface area contributed by atoms with Crippen molar-refractivity contribution in [1.29, 1.82) is 0 Å². The van der Waals surface area contributed by atoms with Crippen molar-refractivity contribution in [1.82, 2.24) is 5.32 Å². The molecule has 2 N–H and O–H groups in total. The zero-order valence-corrected chi connectivity index (χ0v) is 9.76. The number of nitrogens with one attached hydrogen (secondary N) is 1. The van der Waals surface area contributed by atoms with E-state index in [2.05, 4.69) is 5.32 Å². The topological polar surface area (TPSA) is 32.3 Å². The van der Waals surface area contributed by atoms with Crippen molar-refractivity contribution in [3.63, 3.8) is 0 Å². The van der Waals surface area contributed by atoms with Crippen LogP contribution in [0.4, 0.5) is 0 Å². The molecule has 0 amide bonds. The molecule has 84 valence electrons. The molecule has 0 unspecified atom stereocenters. The van der Waals surface area contributed by atoms with Crippen molar-refractivity contribution in [2.45, 2.75) is 31.4 Å². The molecule has 3 heteroatoms. The smallest absolute Gasteiger partial charge is 0.102 e. The Labute approximate surface area is 97.1 Å². The molecule has 1 aliphatic heterocycles. The molecule has 2 rings (SSSR count). The average molecular weight is 228 g/mol. The minimum absolute atomic E-state index is 0. The molecule has 1 aliphatic rings. The molecular weight excluding hydrogens is 210 g/mol. The highest BCUT2D eigenvalue weighted by molar-refractivity contribution is 5.85. The van der Waals surface area contributed by atoms with Crippen molar-refractivity contribution in [3.8, 4) is 0 Å². The van der Waals surface area contributed by atoms with E-state index < -0.39 is 5.60 Å². The number of benzene rings is 1. The van der Waals surface area contributed by atoms with Crippen LogP contribution in [0, 0.1) is 0 Å². The molecule has 1 saturated heterocycles. The highest BCUT2D eigenvalue weighted by Crippen LogP contribution is 2.28. The van der Waals surface area contributed by atoms with Gasteiger partial charge in [-0.25, -0.2) is 0 Å². The lowest BCUT2D eigenvalue weighted by Crippen LogP contribution is -2.42. The zero-order chi connectivity index (χ0) is 10.0. The fourth-order valence-corrected chi connectivity index (χ4v) is 2.14. The molecule has 0 bridgehead atoms. The van der Waals surface area contributed by atoms with E-state index >= 15 is 0 Å². The first-order valence-electron chi connectivity index (χ1n) is 5.22. The maximum Gasteiger partial charge on any atom is 0.102 e. The lowest BCUT2D eigenvalue weighted by Gasteiger charge is -2.30. The van der Waals surface area contributed by atoms with Crippen LogP contribution in [0.15, 0.2) is 30.3 Å². The molecule has 0 radical (unpaired) electrons. The summed E-state index contributed by atoms with van der Waals surface area (Å²) < 4.78 is 0. The quantitative estimate of drug-likeness (QED) is 0.811. The molecule has 0 aliphatic carbocycles. The number of halogens is 1. The van der Waals surface area contributed by atoms with Gasteiger partial charge < -0.3 is 10.4 Å². The van der Waals surface area contributed by atoms with Crippen LogP contribution in [0.25, 0.3) is 0 Å². The van der Waals surface area contributed by atoms with Crippen LogP contribution in [0.1, 0.15) is 25.3 Å². The van der Waals surface area contributed by atoms with Gasteiger partial charge in [0.2, 0.25) is 0 Å². The third kappa shape index (κ3) is 2.51. The van der Waals surface area contributed by atoms with Crippen molar-refractivity contribution in [3.05, 3.63) is 35.9 Å². The highest BCUT2D eigenvalue weighted by atomic mass is 35.5. The summed E-state index contributed by atoms with van der Waals surface area (Å²) >= 11 is 0. The predicted octanol–water partition coefficient (Wildman–Crippen LogP) is 2.07. The van der Waals surface area contributed by atoms with Crippen LogP contribution in [0.2, 0.25) is 0 Å². The van der Waals surface area contributed by atoms with Gasteiger partial charge in [-0.05, 0) is 31.9 Å². The molecule has 2 atom stereocenters. The van der Waals surface area contributed by atoms with Crippen molar-refractivity contribution in [2.75, 3.05) is 6.54 Å². The maximum absolute atomic E-state index is 10.4. The molecule has 0 spiro atoms. The zero-order valence-electron chi connectivity index (χ0n) is 8.94. The van der Waals surface area contributed by atoms with Gasteiger partial charge in [-0.2, -0.15) is 0 Å². The first kappa shape index (κ1) is 12.5. The Bertz CT molecular complexity index is 294. The van der Waals surface area contributed by atoms with Crippen molar-refractivity contribution < 1.29 is 5.11 Å². The first-order chi connectivity index (χ1) is 6.71. The minimum Gasteiger partial charge on any atom is -0.384 e. The van der Waals surface area contributed by atoms with Gasteiger partial charge in [0.1, 0.15) is 5.60 Å². The third-order valence-corrected chi connectivity index (χ3v) is 3.10. The summed E-state index contributed by atoms with van der Waals surface area (Å²) in [6.45, 7) is 2.92. The Morgan fingerprint density at radius 1 is 1.33 bits per heavy atom. The average Bonchev–Trinajstić information content (AvgIpc) is 2.72. The van der Waals surface area contributed by atoms with Gasteiger partial charge in [0.25, 0.3) is 0 Å². The molecule has 1 aromatic carbocycles. The molecular formula is C12H18ClNO. The Morgan fingerprint density at radius 2 is 2.00 bits per heavy atom. The van der Waals surface area contributed by atoms with Crippen molar-refractivity contribution in [2.24, 2.45) is 0 Å². The van der Waals surface area contributed by atoms with Gasteiger partial charge in [0.15, 0.2) is 0 Å². The number of hydrogen-bond acceptors (Lipinski definition) is 2. The van der Waals surface area contributed by atoms with Gasteiger partial charge in [0.05, 0.1) is 0 Å². The SMILES string of the molecule is C[C@@](O)(c1ccccc1)[C@@H]1CCCN1.Cl. The van der Waals surface area contributed by atoms with E-state index in [1.165, 1.54) is 0 Å². The van der Waals surface area contributed by atoms with Crippen LogP contribution in [-0.4, -0.2) is 17.7 Å². The van der Waals surface area contributed by atoms with Gasteiger partial charge in [0, 0.05) is 6.04 Å². The van der Waals surface area contributed by atoms with Crippen LogP contribution in [0.3, 0.4) is 0 Å². The Hall–Kier alpha value is -0.570. The van der Waals surface area contributed by atoms with E-state index in [9.17, 15) is 5.11 Å². The highest BCUT2D eigenvalue weighted by Gasteiger charge is 2.34. The van der Waals surface area contributed by atoms with E-state index in [0.29, 0.717) is 0 Å². The number of hydrogen-bond donors (Lipinski definition) is 2. The third-order valence-electron chi connectivity index (χ3n) is 3.10. The first-order valence-corrected chi connectivity index (χ1v) is 5.22. The maximum atomic E-state index is 10.4. The van der Waals surface area contributed by atoms with Crippen LogP contribution < -0.4 is 5.32 Å². The summed E-state index contributed by atoms with van der Waals surface area (Å²) in [4.78, 5) is 0. The summed E-state index contributed by atoms with van der Waals surface area (Å²) in [6.07, 6.45) is 2.22. The second kappa shape index (κ2) is 4.97. The predicted molar refractivity (Wildman–Crippen MR) is 64.3 cm³/mol. The van der Waals surface area contributed by atoms with Crippen LogP contribution in [0.5, 0.6) is 0 Å². The molecule has 0 saturated carbocycles. The lowest BCUT2D eigenvalue weighted by atomic mass is 9.87. The van der Waals surface area contributed by atoms with E-state index in [0.717, 1.165) is 24.9 Å². The largest absolute Gasteiger partial charge is 0.384 e. The lowest BCUT2D eigenvalue weighted by molar-refractivity contribution is 0.0218. The fourth-order valence-electron chi connectivity index (χ4n) is 2.14. The molecule has 1 aromatic rings. The Balaban J connectivity index is 0.00000112. The van der Waals surface area contributed by atoms with Crippen LogP contribution >= 0.6 is 12.4 Å². The summed E-state index contributed by atoms with van der Waals surface area (Å²) in [5.74, 6) is 0. The van der Waals surface area contributed by atoms with E-state index in [1.54, 1.807) is 0 Å². The van der Waals surface area contributed by atoms with Gasteiger partial charge >= 0.3 is 0 Å². The summed E-state index contributed by atoms with van der Waals surface area (Å²) in [6, 6.07) is 10.1. The van der Waals surface area contributed by atoms with Gasteiger partial charge in [-0.3, -0.25) is 0 Å². The van der Waals surface area contributed by atoms with Gasteiger partial charge in [-0.15, -0.1) is 12.4 Å².